The Bertz CT molecular complexity index is 968. The highest BCUT2D eigenvalue weighted by atomic mass is 19.1. The zero-order valence-corrected chi connectivity index (χ0v) is 14.3. The van der Waals surface area contributed by atoms with Crippen molar-refractivity contribution < 1.29 is 13.6 Å². The molecule has 6 heteroatoms. The minimum atomic E-state index is -0.640. The number of hydrogen-bond acceptors (Lipinski definition) is 3. The lowest BCUT2D eigenvalue weighted by Crippen LogP contribution is -2.25. The van der Waals surface area contributed by atoms with E-state index >= 15 is 0 Å². The van der Waals surface area contributed by atoms with E-state index in [4.69, 9.17) is 5.73 Å². The number of aromatic nitrogens is 1. The van der Waals surface area contributed by atoms with E-state index in [0.29, 0.717) is 5.69 Å². The quantitative estimate of drug-likeness (QED) is 0.748. The number of nitrogens with two attached hydrogens (primary N) is 1. The van der Waals surface area contributed by atoms with Gasteiger partial charge in [-0.3, -0.25) is 9.69 Å². The van der Waals surface area contributed by atoms with E-state index in [2.05, 4.69) is 4.98 Å². The molecule has 1 aromatic heterocycles. The van der Waals surface area contributed by atoms with Gasteiger partial charge >= 0.3 is 0 Å². The molecular weight excluding hydrogens is 336 g/mol. The van der Waals surface area contributed by atoms with Gasteiger partial charge in [0, 0.05) is 24.2 Å². The highest BCUT2D eigenvalue weighted by molar-refractivity contribution is 6.02. The third-order valence-electron chi connectivity index (χ3n) is 4.07. The Balaban J connectivity index is 2.12. The first-order chi connectivity index (χ1) is 12.4. The van der Waals surface area contributed by atoms with Crippen LogP contribution in [0, 0.1) is 18.6 Å². The van der Waals surface area contributed by atoms with Crippen LogP contribution in [-0.4, -0.2) is 10.9 Å². The van der Waals surface area contributed by atoms with E-state index in [1.807, 2.05) is 0 Å². The SMILES string of the molecule is CC(=O)N(c1ccc(-c2ccccc2F)c(F)c1)c1c(C)ccnc1N. The first kappa shape index (κ1) is 17.5. The van der Waals surface area contributed by atoms with Crippen LogP contribution in [-0.2, 0) is 4.79 Å². The van der Waals surface area contributed by atoms with Crippen LogP contribution in [0.25, 0.3) is 11.1 Å². The zero-order valence-electron chi connectivity index (χ0n) is 14.3. The summed E-state index contributed by atoms with van der Waals surface area (Å²) in [6.45, 7) is 3.14. The predicted octanol–water partition coefficient (Wildman–Crippen LogP) is 4.60. The highest BCUT2D eigenvalue weighted by Crippen LogP contribution is 2.35. The molecule has 0 atom stereocenters. The minimum Gasteiger partial charge on any atom is -0.382 e. The number of carbonyl (C=O) groups is 1. The molecule has 2 N–H and O–H groups in total. The van der Waals surface area contributed by atoms with Gasteiger partial charge in [0.25, 0.3) is 0 Å². The van der Waals surface area contributed by atoms with Gasteiger partial charge in [-0.25, -0.2) is 13.8 Å². The largest absolute Gasteiger partial charge is 0.382 e. The van der Waals surface area contributed by atoms with E-state index in [1.54, 1.807) is 25.1 Å². The van der Waals surface area contributed by atoms with Crippen molar-refractivity contribution in [3.05, 3.63) is 71.9 Å². The fraction of sp³-hybridized carbons (Fsp3) is 0.100. The van der Waals surface area contributed by atoms with Crippen molar-refractivity contribution in [3.63, 3.8) is 0 Å². The number of benzene rings is 2. The van der Waals surface area contributed by atoms with Gasteiger partial charge in [-0.05, 0) is 42.8 Å². The lowest BCUT2D eigenvalue weighted by molar-refractivity contribution is -0.115. The molecule has 0 saturated carbocycles. The normalized spacial score (nSPS) is 10.6. The van der Waals surface area contributed by atoms with Crippen molar-refractivity contribution in [1.29, 1.82) is 0 Å². The van der Waals surface area contributed by atoms with Crippen molar-refractivity contribution in [2.24, 2.45) is 0 Å². The van der Waals surface area contributed by atoms with Gasteiger partial charge in [-0.1, -0.05) is 18.2 Å². The molecule has 0 saturated heterocycles. The summed E-state index contributed by atoms with van der Waals surface area (Å²) >= 11 is 0. The van der Waals surface area contributed by atoms with E-state index in [0.717, 1.165) is 5.56 Å². The first-order valence-corrected chi connectivity index (χ1v) is 7.96. The van der Waals surface area contributed by atoms with Crippen LogP contribution in [0.15, 0.2) is 54.7 Å². The lowest BCUT2D eigenvalue weighted by atomic mass is 10.0. The zero-order chi connectivity index (χ0) is 18.8. The second-order valence-corrected chi connectivity index (χ2v) is 5.86. The monoisotopic (exact) mass is 353 g/mol. The van der Waals surface area contributed by atoms with Crippen molar-refractivity contribution in [1.82, 2.24) is 4.98 Å². The molecule has 0 aliphatic heterocycles. The summed E-state index contributed by atoms with van der Waals surface area (Å²) in [5, 5.41) is 0. The molecule has 0 fully saturated rings. The Hall–Kier alpha value is -3.28. The van der Waals surface area contributed by atoms with Crippen molar-refractivity contribution in [3.8, 4) is 11.1 Å². The molecule has 3 rings (SSSR count). The molecular formula is C20H17F2N3O. The van der Waals surface area contributed by atoms with E-state index in [-0.39, 0.29) is 28.5 Å². The smallest absolute Gasteiger partial charge is 0.228 e. The summed E-state index contributed by atoms with van der Waals surface area (Å²) in [6, 6.07) is 11.8. The number of amides is 1. The van der Waals surface area contributed by atoms with Gasteiger partial charge in [-0.2, -0.15) is 0 Å². The Morgan fingerprint density at radius 2 is 1.73 bits per heavy atom. The fourth-order valence-electron chi connectivity index (χ4n) is 2.87. The number of nitrogens with zero attached hydrogens (tertiary/aromatic N) is 2. The van der Waals surface area contributed by atoms with E-state index in [9.17, 15) is 13.6 Å². The van der Waals surface area contributed by atoms with E-state index in [1.165, 1.54) is 48.4 Å². The maximum absolute atomic E-state index is 14.7. The van der Waals surface area contributed by atoms with Crippen LogP contribution >= 0.6 is 0 Å². The molecule has 1 amide bonds. The van der Waals surface area contributed by atoms with Gasteiger partial charge in [0.1, 0.15) is 17.5 Å². The highest BCUT2D eigenvalue weighted by Gasteiger charge is 2.21. The molecule has 0 aliphatic carbocycles. The van der Waals surface area contributed by atoms with Crippen LogP contribution < -0.4 is 10.6 Å². The van der Waals surface area contributed by atoms with Crippen LogP contribution in [0.3, 0.4) is 0 Å². The summed E-state index contributed by atoms with van der Waals surface area (Å²) in [7, 11) is 0. The van der Waals surface area contributed by atoms with Gasteiger partial charge in [0.05, 0.1) is 11.4 Å². The first-order valence-electron chi connectivity index (χ1n) is 7.96. The number of hydrogen-bond donors (Lipinski definition) is 1. The summed E-state index contributed by atoms with van der Waals surface area (Å²) in [5.74, 6) is -1.33. The molecule has 26 heavy (non-hydrogen) atoms. The second-order valence-electron chi connectivity index (χ2n) is 5.86. The molecule has 2 aromatic carbocycles. The number of aryl methyl sites for hydroxylation is 1. The number of halogens is 2. The molecule has 132 valence electrons. The average molecular weight is 353 g/mol. The summed E-state index contributed by atoms with van der Waals surface area (Å²) in [4.78, 5) is 17.5. The molecule has 4 nitrogen and oxygen atoms in total. The van der Waals surface area contributed by atoms with Gasteiger partial charge < -0.3 is 5.73 Å². The summed E-state index contributed by atoms with van der Waals surface area (Å²) in [6.07, 6.45) is 1.54. The molecule has 0 aliphatic rings. The predicted molar refractivity (Wildman–Crippen MR) is 98.0 cm³/mol. The van der Waals surface area contributed by atoms with Gasteiger partial charge in [0.15, 0.2) is 0 Å². The van der Waals surface area contributed by atoms with Crippen LogP contribution in [0.1, 0.15) is 12.5 Å². The van der Waals surface area contributed by atoms with Crippen LogP contribution in [0.4, 0.5) is 26.0 Å². The number of carbonyl (C=O) groups excluding carboxylic acids is 1. The second kappa shape index (κ2) is 6.92. The standard InChI is InChI=1S/C20H17F2N3O/c1-12-9-10-24-20(23)19(12)25(13(2)26)14-7-8-16(18(22)11-14)15-5-3-4-6-17(15)21/h3-11H,1-2H3,(H2,23,24). The number of pyridine rings is 1. The average Bonchev–Trinajstić information content (AvgIpc) is 2.59. The third-order valence-corrected chi connectivity index (χ3v) is 4.07. The Labute approximate surface area is 149 Å². The van der Waals surface area contributed by atoms with Crippen molar-refractivity contribution in [2.45, 2.75) is 13.8 Å². The summed E-state index contributed by atoms with van der Waals surface area (Å²) in [5.41, 5.74) is 7.62. The topological polar surface area (TPSA) is 59.2 Å². The number of anilines is 3. The maximum atomic E-state index is 14.7. The fourth-order valence-corrected chi connectivity index (χ4v) is 2.87. The van der Waals surface area contributed by atoms with Gasteiger partial charge in [-0.15, -0.1) is 0 Å². The molecule has 1 heterocycles. The number of nitrogen functional groups attached to an aromatic ring is 1. The Kier molecular flexibility index (Phi) is 4.67. The van der Waals surface area contributed by atoms with Gasteiger partial charge in [0.2, 0.25) is 5.91 Å². The van der Waals surface area contributed by atoms with Crippen molar-refractivity contribution in [2.75, 3.05) is 10.6 Å². The molecule has 0 bridgehead atoms. The maximum Gasteiger partial charge on any atom is 0.228 e. The number of rotatable bonds is 3. The van der Waals surface area contributed by atoms with Crippen LogP contribution in [0.2, 0.25) is 0 Å². The molecule has 0 radical (unpaired) electrons. The Morgan fingerprint density at radius 3 is 2.35 bits per heavy atom. The molecule has 0 unspecified atom stereocenters. The Morgan fingerprint density at radius 1 is 1.04 bits per heavy atom. The van der Waals surface area contributed by atoms with E-state index < -0.39 is 11.6 Å². The summed E-state index contributed by atoms with van der Waals surface area (Å²) < 4.78 is 28.7. The third kappa shape index (κ3) is 3.13. The van der Waals surface area contributed by atoms with Crippen molar-refractivity contribution >= 4 is 23.1 Å². The van der Waals surface area contributed by atoms with Crippen LogP contribution in [0.5, 0.6) is 0 Å². The minimum absolute atomic E-state index is 0.117. The lowest BCUT2D eigenvalue weighted by Gasteiger charge is -2.24. The molecule has 3 aromatic rings. The molecule has 0 spiro atoms.